The van der Waals surface area contributed by atoms with Crippen LogP contribution in [0.3, 0.4) is 0 Å². The van der Waals surface area contributed by atoms with Crippen LogP contribution in [0.2, 0.25) is 0 Å². The number of likely N-dealkylation sites (tertiary alicyclic amines) is 1. The summed E-state index contributed by atoms with van der Waals surface area (Å²) < 4.78 is 5.82. The molecule has 1 aromatic carbocycles. The van der Waals surface area contributed by atoms with Gasteiger partial charge in [0, 0.05) is 29.1 Å². The Bertz CT molecular complexity index is 820. The molecule has 0 saturated carbocycles. The number of carbonyl (C=O) groups is 2. The first-order valence-corrected chi connectivity index (χ1v) is 9.16. The van der Waals surface area contributed by atoms with Gasteiger partial charge < -0.3 is 15.0 Å². The summed E-state index contributed by atoms with van der Waals surface area (Å²) in [7, 11) is 0. The summed E-state index contributed by atoms with van der Waals surface area (Å²) in [5.74, 6) is -0.198. The van der Waals surface area contributed by atoms with Crippen molar-refractivity contribution in [1.29, 1.82) is 0 Å². The van der Waals surface area contributed by atoms with E-state index in [-0.39, 0.29) is 11.2 Å². The van der Waals surface area contributed by atoms with Gasteiger partial charge >= 0.3 is 11.8 Å². The van der Waals surface area contributed by atoms with E-state index in [2.05, 4.69) is 23.1 Å². The quantitative estimate of drug-likeness (QED) is 0.492. The highest BCUT2D eigenvalue weighted by Crippen LogP contribution is 2.45. The molecule has 1 fully saturated rings. The summed E-state index contributed by atoms with van der Waals surface area (Å²) in [5.41, 5.74) is 1.13. The average Bonchev–Trinajstić information content (AvgIpc) is 3.03. The molecule has 2 heterocycles. The maximum atomic E-state index is 12.5. The first kappa shape index (κ1) is 19.2. The Balaban J connectivity index is 1.62. The van der Waals surface area contributed by atoms with Crippen molar-refractivity contribution in [3.05, 3.63) is 52.8 Å². The van der Waals surface area contributed by atoms with Crippen molar-refractivity contribution < 1.29 is 14.3 Å². The molecule has 0 radical (unpaired) electrons. The standard InChI is InChI=1S/C20H22ClN3O3/c1-14(21)7-8-17(22-2)23-18(25)19(26)24-11-9-20(10-12-24)13-27-16-6-4-3-5-15(16)20/h3-8H,2,9-13H2,1H3,(H,23,25)/b14-7+,17-8+. The van der Waals surface area contributed by atoms with Crippen molar-refractivity contribution in [2.24, 2.45) is 4.99 Å². The van der Waals surface area contributed by atoms with Gasteiger partial charge in [0.15, 0.2) is 0 Å². The minimum atomic E-state index is -0.728. The van der Waals surface area contributed by atoms with Crippen LogP contribution in [0.1, 0.15) is 25.3 Å². The van der Waals surface area contributed by atoms with Crippen molar-refractivity contribution >= 4 is 30.1 Å². The van der Waals surface area contributed by atoms with Crippen molar-refractivity contribution in [2.45, 2.75) is 25.2 Å². The predicted octanol–water partition coefficient (Wildman–Crippen LogP) is 2.74. The molecule has 2 amide bonds. The molecule has 0 atom stereocenters. The summed E-state index contributed by atoms with van der Waals surface area (Å²) in [6, 6.07) is 8.03. The molecule has 27 heavy (non-hydrogen) atoms. The fourth-order valence-electron chi connectivity index (χ4n) is 3.52. The molecule has 0 bridgehead atoms. The van der Waals surface area contributed by atoms with Gasteiger partial charge in [0.2, 0.25) is 0 Å². The largest absolute Gasteiger partial charge is 0.492 e. The first-order valence-electron chi connectivity index (χ1n) is 8.78. The highest BCUT2D eigenvalue weighted by molar-refractivity contribution is 6.35. The van der Waals surface area contributed by atoms with Gasteiger partial charge in [-0.1, -0.05) is 29.8 Å². The highest BCUT2D eigenvalue weighted by Gasteiger charge is 2.44. The predicted molar refractivity (Wildman–Crippen MR) is 105 cm³/mol. The Hall–Kier alpha value is -2.60. The summed E-state index contributed by atoms with van der Waals surface area (Å²) in [6.45, 7) is 6.72. The molecule has 6 nitrogen and oxygen atoms in total. The molecule has 1 saturated heterocycles. The fraction of sp³-hybridized carbons (Fsp3) is 0.350. The van der Waals surface area contributed by atoms with Gasteiger partial charge in [0.1, 0.15) is 11.6 Å². The molecule has 1 aromatic rings. The number of halogens is 1. The van der Waals surface area contributed by atoms with Crippen molar-refractivity contribution in [3.8, 4) is 5.75 Å². The van der Waals surface area contributed by atoms with Crippen LogP contribution in [0, 0.1) is 0 Å². The lowest BCUT2D eigenvalue weighted by molar-refractivity contribution is -0.146. The van der Waals surface area contributed by atoms with Crippen LogP contribution in [0.5, 0.6) is 5.75 Å². The topological polar surface area (TPSA) is 71.0 Å². The van der Waals surface area contributed by atoms with Gasteiger partial charge in [0.25, 0.3) is 0 Å². The number of amides is 2. The van der Waals surface area contributed by atoms with Gasteiger partial charge in [-0.3, -0.25) is 9.59 Å². The van der Waals surface area contributed by atoms with Gasteiger partial charge in [-0.15, -0.1) is 0 Å². The van der Waals surface area contributed by atoms with Crippen LogP contribution in [-0.4, -0.2) is 43.1 Å². The monoisotopic (exact) mass is 387 g/mol. The van der Waals surface area contributed by atoms with E-state index < -0.39 is 11.8 Å². The van der Waals surface area contributed by atoms with E-state index >= 15 is 0 Å². The van der Waals surface area contributed by atoms with E-state index in [9.17, 15) is 9.59 Å². The van der Waals surface area contributed by atoms with E-state index in [1.165, 1.54) is 11.6 Å². The molecule has 3 rings (SSSR count). The van der Waals surface area contributed by atoms with Crippen molar-refractivity contribution in [3.63, 3.8) is 0 Å². The number of fused-ring (bicyclic) bond motifs is 2. The lowest BCUT2D eigenvalue weighted by Gasteiger charge is -2.38. The number of nitrogens with zero attached hydrogens (tertiary/aromatic N) is 2. The van der Waals surface area contributed by atoms with Gasteiger partial charge in [-0.05, 0) is 44.7 Å². The number of allylic oxidation sites excluding steroid dienone is 3. The Morgan fingerprint density at radius 2 is 2.00 bits per heavy atom. The molecule has 142 valence electrons. The first-order chi connectivity index (χ1) is 12.9. The van der Waals surface area contributed by atoms with Gasteiger partial charge in [-0.2, -0.15) is 0 Å². The maximum Gasteiger partial charge on any atom is 0.315 e. The van der Waals surface area contributed by atoms with Crippen LogP contribution in [0.15, 0.2) is 52.3 Å². The van der Waals surface area contributed by atoms with E-state index in [0.717, 1.165) is 18.6 Å². The summed E-state index contributed by atoms with van der Waals surface area (Å²) in [6.07, 6.45) is 4.59. The zero-order valence-corrected chi connectivity index (χ0v) is 16.0. The van der Waals surface area contributed by atoms with E-state index in [4.69, 9.17) is 16.3 Å². The number of piperidine rings is 1. The summed E-state index contributed by atoms with van der Waals surface area (Å²) in [4.78, 5) is 30.0. The van der Waals surface area contributed by atoms with Crippen LogP contribution < -0.4 is 10.1 Å². The summed E-state index contributed by atoms with van der Waals surface area (Å²) in [5, 5.41) is 2.99. The van der Waals surface area contributed by atoms with Crippen LogP contribution >= 0.6 is 11.6 Å². The van der Waals surface area contributed by atoms with Crippen LogP contribution in [-0.2, 0) is 15.0 Å². The third-order valence-electron chi connectivity index (χ3n) is 5.05. The smallest absolute Gasteiger partial charge is 0.315 e. The van der Waals surface area contributed by atoms with E-state index in [0.29, 0.717) is 24.7 Å². The molecule has 1 spiro atoms. The average molecular weight is 388 g/mol. The molecule has 0 aromatic heterocycles. The van der Waals surface area contributed by atoms with Gasteiger partial charge in [0.05, 0.1) is 6.61 Å². The normalized spacial score (nSPS) is 18.7. The maximum absolute atomic E-state index is 12.5. The second-order valence-electron chi connectivity index (χ2n) is 6.77. The van der Waals surface area contributed by atoms with Crippen molar-refractivity contribution in [2.75, 3.05) is 19.7 Å². The van der Waals surface area contributed by atoms with Crippen molar-refractivity contribution in [1.82, 2.24) is 10.2 Å². The number of hydrogen-bond donors (Lipinski definition) is 1. The molecular weight excluding hydrogens is 366 g/mol. The zero-order chi connectivity index (χ0) is 19.4. The second kappa shape index (κ2) is 7.96. The number of carbonyl (C=O) groups excluding carboxylic acids is 2. The Morgan fingerprint density at radius 1 is 1.30 bits per heavy atom. The number of rotatable bonds is 3. The molecular formula is C20H22ClN3O3. The SMILES string of the molecule is C=N/C(=C\C=C(/C)Cl)NC(=O)C(=O)N1CCC2(CC1)COc1ccccc12. The third-order valence-corrected chi connectivity index (χ3v) is 5.17. The zero-order valence-electron chi connectivity index (χ0n) is 15.2. The second-order valence-corrected chi connectivity index (χ2v) is 7.37. The number of para-hydroxylation sites is 1. The lowest BCUT2D eigenvalue weighted by Crippen LogP contribution is -2.50. The van der Waals surface area contributed by atoms with Crippen LogP contribution in [0.25, 0.3) is 0 Å². The summed E-state index contributed by atoms with van der Waals surface area (Å²) >= 11 is 5.75. The molecule has 2 aliphatic rings. The molecule has 0 aliphatic carbocycles. The Labute approximate surface area is 163 Å². The third kappa shape index (κ3) is 4.06. The fourth-order valence-corrected chi connectivity index (χ4v) is 3.58. The minimum absolute atomic E-state index is 0.0692. The van der Waals surface area contributed by atoms with Gasteiger partial charge in [-0.25, -0.2) is 4.99 Å². The molecule has 1 N–H and O–H groups in total. The number of benzene rings is 1. The molecule has 2 aliphatic heterocycles. The van der Waals surface area contributed by atoms with E-state index in [1.54, 1.807) is 17.9 Å². The number of nitrogens with one attached hydrogen (secondary N) is 1. The minimum Gasteiger partial charge on any atom is -0.492 e. The van der Waals surface area contributed by atoms with Crippen LogP contribution in [0.4, 0.5) is 0 Å². The Kier molecular flexibility index (Phi) is 5.65. The lowest BCUT2D eigenvalue weighted by atomic mass is 9.74. The van der Waals surface area contributed by atoms with E-state index in [1.807, 2.05) is 18.2 Å². The molecule has 7 heteroatoms. The number of hydrogen-bond acceptors (Lipinski definition) is 4. The number of aliphatic imine (C=N–C) groups is 1. The number of ether oxygens (including phenoxy) is 1. The molecule has 0 unspecified atom stereocenters. The Morgan fingerprint density at radius 3 is 2.67 bits per heavy atom. The highest BCUT2D eigenvalue weighted by atomic mass is 35.5.